The molecule has 0 bridgehead atoms. The SMILES string of the molecule is CCOC(=O)c1ccnc(-c2cc(C(=O)OCC)cc(-c3cc(-c4sc(-c5scc6c5OCCO6)c5c4OCCO5)ccn3)n2)c1. The van der Waals surface area contributed by atoms with Gasteiger partial charge in [-0.3, -0.25) is 9.97 Å². The van der Waals surface area contributed by atoms with Crippen LogP contribution in [-0.4, -0.2) is 66.5 Å². The van der Waals surface area contributed by atoms with Crippen molar-refractivity contribution in [3.8, 4) is 66.0 Å². The first-order valence-electron chi connectivity index (χ1n) is 14.6. The van der Waals surface area contributed by atoms with Crippen LogP contribution in [0.5, 0.6) is 23.0 Å². The molecule has 2 aliphatic heterocycles. The maximum Gasteiger partial charge on any atom is 0.338 e. The Labute approximate surface area is 271 Å². The molecule has 0 radical (unpaired) electrons. The molecule has 5 aromatic heterocycles. The van der Waals surface area contributed by atoms with Gasteiger partial charge in [0.05, 0.1) is 61.7 Å². The topological polar surface area (TPSA) is 128 Å². The van der Waals surface area contributed by atoms with Crippen molar-refractivity contribution < 1.29 is 38.0 Å². The zero-order valence-electron chi connectivity index (χ0n) is 24.9. The predicted molar refractivity (Wildman–Crippen MR) is 171 cm³/mol. The van der Waals surface area contributed by atoms with E-state index in [2.05, 4.69) is 9.97 Å². The summed E-state index contributed by atoms with van der Waals surface area (Å²) in [5, 5.41) is 1.95. The van der Waals surface area contributed by atoms with E-state index in [-0.39, 0.29) is 18.8 Å². The maximum atomic E-state index is 12.9. The van der Waals surface area contributed by atoms with Crippen LogP contribution in [0.25, 0.3) is 43.0 Å². The van der Waals surface area contributed by atoms with Crippen molar-refractivity contribution in [3.05, 3.63) is 65.3 Å². The van der Waals surface area contributed by atoms with Crippen LogP contribution in [0.2, 0.25) is 0 Å². The summed E-state index contributed by atoms with van der Waals surface area (Å²) in [6.07, 6.45) is 3.18. The van der Waals surface area contributed by atoms with Crippen molar-refractivity contribution in [3.63, 3.8) is 0 Å². The fraction of sp³-hybridized carbons (Fsp3) is 0.242. The lowest BCUT2D eigenvalue weighted by molar-refractivity contribution is 0.0516. The number of pyridine rings is 3. The minimum atomic E-state index is -0.516. The van der Waals surface area contributed by atoms with E-state index >= 15 is 0 Å². The molecular formula is C33H27N3O8S2. The highest BCUT2D eigenvalue weighted by molar-refractivity contribution is 7.24. The third-order valence-electron chi connectivity index (χ3n) is 7.06. The Kier molecular flexibility index (Phi) is 8.24. The third kappa shape index (κ3) is 5.63. The molecule has 234 valence electrons. The molecule has 7 rings (SSSR count). The second-order valence-corrected chi connectivity index (χ2v) is 11.9. The molecule has 13 heteroatoms. The van der Waals surface area contributed by atoms with E-state index in [1.165, 1.54) is 28.9 Å². The summed E-state index contributed by atoms with van der Waals surface area (Å²) in [6.45, 7) is 5.76. The number of rotatable bonds is 8. The third-order valence-corrected chi connectivity index (χ3v) is 9.37. The number of thiophene rings is 2. The van der Waals surface area contributed by atoms with Gasteiger partial charge in [-0.25, -0.2) is 14.6 Å². The lowest BCUT2D eigenvalue weighted by atomic mass is 10.1. The van der Waals surface area contributed by atoms with Gasteiger partial charge in [0.2, 0.25) is 0 Å². The Morgan fingerprint density at radius 1 is 0.696 bits per heavy atom. The van der Waals surface area contributed by atoms with Gasteiger partial charge in [-0.15, -0.1) is 22.7 Å². The standard InChI is InChI=1S/C33H27N3O8S2/c1-3-39-32(37)19-6-8-35-22(14-19)24-16-20(33(38)40-4-2)15-23(36-24)21-13-18(5-7-34-21)29-27-28(44-12-11-43-27)31(46-29)30-26-25(17-45-30)41-9-10-42-26/h5-8,13-17H,3-4,9-12H2,1-2H3. The Hall–Kier alpha value is -5.01. The Balaban J connectivity index is 1.31. The van der Waals surface area contributed by atoms with Crippen LogP contribution in [-0.2, 0) is 9.47 Å². The number of fused-ring (bicyclic) bond motifs is 2. The molecule has 0 spiro atoms. The van der Waals surface area contributed by atoms with Gasteiger partial charge in [0.1, 0.15) is 26.4 Å². The van der Waals surface area contributed by atoms with E-state index in [0.29, 0.717) is 72.0 Å². The molecule has 46 heavy (non-hydrogen) atoms. The van der Waals surface area contributed by atoms with Crippen LogP contribution in [0.1, 0.15) is 34.6 Å². The second-order valence-electron chi connectivity index (χ2n) is 10.00. The molecule has 0 atom stereocenters. The number of carbonyl (C=O) groups excluding carboxylic acids is 2. The van der Waals surface area contributed by atoms with Gasteiger partial charge in [-0.05, 0) is 55.8 Å². The molecule has 7 heterocycles. The zero-order valence-corrected chi connectivity index (χ0v) is 26.5. The number of carbonyl (C=O) groups is 2. The summed E-state index contributed by atoms with van der Waals surface area (Å²) in [7, 11) is 0. The second kappa shape index (κ2) is 12.8. The van der Waals surface area contributed by atoms with E-state index in [4.69, 9.17) is 33.4 Å². The molecule has 0 amide bonds. The Morgan fingerprint density at radius 3 is 2.00 bits per heavy atom. The molecule has 0 saturated carbocycles. The smallest absolute Gasteiger partial charge is 0.338 e. The first kappa shape index (κ1) is 29.7. The predicted octanol–water partition coefficient (Wildman–Crippen LogP) is 6.56. The number of nitrogens with zero attached hydrogens (tertiary/aromatic N) is 3. The summed E-state index contributed by atoms with van der Waals surface area (Å²) < 4.78 is 34.5. The quantitative estimate of drug-likeness (QED) is 0.168. The number of hydrogen-bond donors (Lipinski definition) is 0. The first-order valence-corrected chi connectivity index (χ1v) is 16.3. The average molecular weight is 658 g/mol. The molecule has 0 aromatic carbocycles. The number of esters is 2. The maximum absolute atomic E-state index is 12.9. The van der Waals surface area contributed by atoms with Crippen LogP contribution < -0.4 is 18.9 Å². The van der Waals surface area contributed by atoms with Crippen LogP contribution >= 0.6 is 22.7 Å². The molecule has 0 fully saturated rings. The summed E-state index contributed by atoms with van der Waals surface area (Å²) in [5.41, 5.74) is 3.12. The molecule has 0 aliphatic carbocycles. The molecule has 0 saturated heterocycles. The van der Waals surface area contributed by atoms with E-state index in [1.807, 2.05) is 17.5 Å². The van der Waals surface area contributed by atoms with Crippen LogP contribution in [0.15, 0.2) is 54.2 Å². The summed E-state index contributed by atoms with van der Waals surface area (Å²) in [6, 6.07) is 10.1. The molecule has 0 N–H and O–H groups in total. The van der Waals surface area contributed by atoms with Gasteiger partial charge in [-0.1, -0.05) is 0 Å². The van der Waals surface area contributed by atoms with Crippen LogP contribution in [0.4, 0.5) is 0 Å². The highest BCUT2D eigenvalue weighted by Gasteiger charge is 2.31. The number of ether oxygens (including phenoxy) is 6. The van der Waals surface area contributed by atoms with Crippen molar-refractivity contribution in [1.29, 1.82) is 0 Å². The molecule has 11 nitrogen and oxygen atoms in total. The monoisotopic (exact) mass is 657 g/mol. The summed E-state index contributed by atoms with van der Waals surface area (Å²) >= 11 is 3.07. The lowest BCUT2D eigenvalue weighted by Crippen LogP contribution is -2.15. The highest BCUT2D eigenvalue weighted by atomic mass is 32.1. The normalized spacial score (nSPS) is 13.3. The zero-order chi connectivity index (χ0) is 31.6. The van der Waals surface area contributed by atoms with Crippen molar-refractivity contribution >= 4 is 34.6 Å². The number of hydrogen-bond acceptors (Lipinski definition) is 13. The van der Waals surface area contributed by atoms with Crippen molar-refractivity contribution in [2.24, 2.45) is 0 Å². The minimum Gasteiger partial charge on any atom is -0.485 e. The highest BCUT2D eigenvalue weighted by Crippen LogP contribution is 2.58. The van der Waals surface area contributed by atoms with Crippen molar-refractivity contribution in [1.82, 2.24) is 15.0 Å². The largest absolute Gasteiger partial charge is 0.485 e. The summed E-state index contributed by atoms with van der Waals surface area (Å²) in [5.74, 6) is 1.76. The lowest BCUT2D eigenvalue weighted by Gasteiger charge is -2.18. The van der Waals surface area contributed by atoms with Crippen molar-refractivity contribution in [2.75, 3.05) is 39.6 Å². The van der Waals surface area contributed by atoms with E-state index < -0.39 is 11.9 Å². The average Bonchev–Trinajstić information content (AvgIpc) is 3.70. The summed E-state index contributed by atoms with van der Waals surface area (Å²) in [4.78, 5) is 41.9. The number of aromatic nitrogens is 3. The molecular weight excluding hydrogens is 631 g/mol. The van der Waals surface area contributed by atoms with E-state index in [0.717, 1.165) is 25.9 Å². The van der Waals surface area contributed by atoms with E-state index in [1.54, 1.807) is 44.3 Å². The van der Waals surface area contributed by atoms with Crippen LogP contribution in [0.3, 0.4) is 0 Å². The Bertz CT molecular complexity index is 1950. The minimum absolute atomic E-state index is 0.203. The van der Waals surface area contributed by atoms with Gasteiger partial charge in [-0.2, -0.15) is 0 Å². The van der Waals surface area contributed by atoms with Crippen molar-refractivity contribution in [2.45, 2.75) is 13.8 Å². The molecule has 5 aromatic rings. The van der Waals surface area contributed by atoms with Gasteiger partial charge < -0.3 is 28.4 Å². The Morgan fingerprint density at radius 2 is 1.28 bits per heavy atom. The van der Waals surface area contributed by atoms with Crippen LogP contribution in [0, 0.1) is 0 Å². The van der Waals surface area contributed by atoms with E-state index in [9.17, 15) is 9.59 Å². The molecule has 0 unspecified atom stereocenters. The van der Waals surface area contributed by atoms with Gasteiger partial charge >= 0.3 is 11.9 Å². The van der Waals surface area contributed by atoms with Gasteiger partial charge in [0.25, 0.3) is 0 Å². The molecule has 2 aliphatic rings. The van der Waals surface area contributed by atoms with Gasteiger partial charge in [0.15, 0.2) is 23.0 Å². The fourth-order valence-electron chi connectivity index (χ4n) is 5.06. The fourth-order valence-corrected chi connectivity index (χ4v) is 7.32. The van der Waals surface area contributed by atoms with Gasteiger partial charge in [0, 0.05) is 17.8 Å². The first-order chi connectivity index (χ1) is 22.5.